The number of hydrogen-bond donors (Lipinski definition) is 1. The van der Waals surface area contributed by atoms with E-state index in [1.165, 1.54) is 13.2 Å². The van der Waals surface area contributed by atoms with E-state index >= 15 is 0 Å². The number of hydrogen-bond acceptors (Lipinski definition) is 6. The van der Waals surface area contributed by atoms with E-state index in [-0.39, 0.29) is 6.04 Å². The molecule has 0 unspecified atom stereocenters. The Bertz CT molecular complexity index is 1040. The van der Waals surface area contributed by atoms with Crippen LogP contribution < -0.4 is 14.8 Å². The highest BCUT2D eigenvalue weighted by Crippen LogP contribution is 2.26. The zero-order chi connectivity index (χ0) is 21.5. The first kappa shape index (κ1) is 21.0. The molecule has 1 heterocycles. The second-order valence-electron chi connectivity index (χ2n) is 6.52. The van der Waals surface area contributed by atoms with E-state index in [2.05, 4.69) is 5.32 Å². The molecule has 0 aliphatic heterocycles. The van der Waals surface area contributed by atoms with Gasteiger partial charge in [-0.2, -0.15) is 0 Å². The van der Waals surface area contributed by atoms with Crippen molar-refractivity contribution >= 4 is 28.9 Å². The first-order valence-corrected chi connectivity index (χ1v) is 9.35. The number of para-hydroxylation sites is 1. The van der Waals surface area contributed by atoms with Gasteiger partial charge in [0.05, 0.1) is 20.3 Å². The molecule has 0 spiro atoms. The molecule has 0 saturated heterocycles. The van der Waals surface area contributed by atoms with E-state index in [1.807, 2.05) is 30.3 Å². The van der Waals surface area contributed by atoms with Crippen LogP contribution in [0.2, 0.25) is 0 Å². The minimum atomic E-state index is -0.639. The van der Waals surface area contributed by atoms with Gasteiger partial charge in [-0.3, -0.25) is 4.79 Å². The number of ether oxygens (including phenoxy) is 3. The van der Waals surface area contributed by atoms with E-state index in [4.69, 9.17) is 18.6 Å². The van der Waals surface area contributed by atoms with Crippen LogP contribution in [0, 0.1) is 0 Å². The fourth-order valence-corrected chi connectivity index (χ4v) is 2.87. The van der Waals surface area contributed by atoms with Crippen LogP contribution in [0.25, 0.3) is 17.0 Å². The van der Waals surface area contributed by atoms with Gasteiger partial charge in [-0.25, -0.2) is 4.79 Å². The van der Waals surface area contributed by atoms with Gasteiger partial charge in [0.2, 0.25) is 0 Å². The Kier molecular flexibility index (Phi) is 6.75. The van der Waals surface area contributed by atoms with Gasteiger partial charge in [-0.15, -0.1) is 0 Å². The fourth-order valence-electron chi connectivity index (χ4n) is 2.87. The number of nitrogens with one attached hydrogen (secondary N) is 1. The summed E-state index contributed by atoms with van der Waals surface area (Å²) in [7, 11) is 3.08. The summed E-state index contributed by atoms with van der Waals surface area (Å²) < 4.78 is 21.1. The van der Waals surface area contributed by atoms with Gasteiger partial charge in [0, 0.05) is 23.1 Å². The van der Waals surface area contributed by atoms with Gasteiger partial charge in [0.15, 0.2) is 6.61 Å². The predicted octanol–water partition coefficient (Wildman–Crippen LogP) is 3.88. The average Bonchev–Trinajstić information content (AvgIpc) is 3.20. The summed E-state index contributed by atoms with van der Waals surface area (Å²) in [6.07, 6.45) is 2.79. The molecule has 0 radical (unpaired) electrons. The molecule has 1 aromatic heterocycles. The summed E-state index contributed by atoms with van der Waals surface area (Å²) in [6, 6.07) is 14.3. The maximum absolute atomic E-state index is 12.1. The Morgan fingerprint density at radius 3 is 2.63 bits per heavy atom. The Hall–Kier alpha value is -3.74. The monoisotopic (exact) mass is 409 g/mol. The molecule has 1 N–H and O–H groups in total. The highest BCUT2D eigenvalue weighted by Gasteiger charge is 2.15. The zero-order valence-corrected chi connectivity index (χ0v) is 17.0. The van der Waals surface area contributed by atoms with E-state index in [0.717, 1.165) is 11.0 Å². The summed E-state index contributed by atoms with van der Waals surface area (Å²) in [4.78, 5) is 24.0. The first-order valence-electron chi connectivity index (χ1n) is 9.35. The third kappa shape index (κ3) is 5.20. The number of fused-ring (bicyclic) bond motifs is 1. The van der Waals surface area contributed by atoms with Crippen LogP contribution in [0.4, 0.5) is 0 Å². The molecule has 156 valence electrons. The number of carbonyl (C=O) groups is 2. The van der Waals surface area contributed by atoms with Gasteiger partial charge in [0.1, 0.15) is 22.8 Å². The normalized spacial score (nSPS) is 12.0. The van der Waals surface area contributed by atoms with Gasteiger partial charge >= 0.3 is 5.97 Å². The SMILES string of the molecule is COc1ccc(/C=C/C(=O)OCC(=O)N[C@H](C)c2cc3ccccc3o2)c(OC)c1. The quantitative estimate of drug-likeness (QED) is 0.449. The summed E-state index contributed by atoms with van der Waals surface area (Å²) in [5.41, 5.74) is 1.43. The number of esters is 1. The Morgan fingerprint density at radius 2 is 1.90 bits per heavy atom. The van der Waals surface area contributed by atoms with Gasteiger partial charge in [0.25, 0.3) is 5.91 Å². The number of carbonyl (C=O) groups excluding carboxylic acids is 2. The van der Waals surface area contributed by atoms with Gasteiger partial charge in [-0.1, -0.05) is 18.2 Å². The number of benzene rings is 2. The molecule has 7 heteroatoms. The average molecular weight is 409 g/mol. The highest BCUT2D eigenvalue weighted by molar-refractivity contribution is 5.89. The van der Waals surface area contributed by atoms with Crippen molar-refractivity contribution in [2.75, 3.05) is 20.8 Å². The minimum absolute atomic E-state index is 0.359. The van der Waals surface area contributed by atoms with Crippen molar-refractivity contribution in [2.24, 2.45) is 0 Å². The van der Waals surface area contributed by atoms with Crippen LogP contribution in [0.3, 0.4) is 0 Å². The summed E-state index contributed by atoms with van der Waals surface area (Å²) in [5.74, 6) is 0.756. The van der Waals surface area contributed by atoms with Crippen molar-refractivity contribution < 1.29 is 28.2 Å². The van der Waals surface area contributed by atoms with Crippen LogP contribution in [-0.2, 0) is 14.3 Å². The Balaban J connectivity index is 1.51. The lowest BCUT2D eigenvalue weighted by Gasteiger charge is -2.11. The van der Waals surface area contributed by atoms with Crippen LogP contribution in [0.5, 0.6) is 11.5 Å². The molecule has 0 fully saturated rings. The zero-order valence-electron chi connectivity index (χ0n) is 17.0. The van der Waals surface area contributed by atoms with E-state index < -0.39 is 18.5 Å². The van der Waals surface area contributed by atoms with Crippen molar-refractivity contribution in [3.8, 4) is 11.5 Å². The van der Waals surface area contributed by atoms with Crippen molar-refractivity contribution in [2.45, 2.75) is 13.0 Å². The van der Waals surface area contributed by atoms with E-state index in [1.54, 1.807) is 38.3 Å². The molecule has 3 rings (SSSR count). The lowest BCUT2D eigenvalue weighted by Crippen LogP contribution is -2.30. The third-order valence-electron chi connectivity index (χ3n) is 4.43. The molecule has 0 saturated carbocycles. The molecule has 30 heavy (non-hydrogen) atoms. The molecular weight excluding hydrogens is 386 g/mol. The molecule has 1 amide bonds. The number of amides is 1. The molecule has 3 aromatic rings. The molecule has 0 aliphatic rings. The van der Waals surface area contributed by atoms with Crippen LogP contribution in [-0.4, -0.2) is 32.7 Å². The third-order valence-corrected chi connectivity index (χ3v) is 4.43. The van der Waals surface area contributed by atoms with E-state index in [9.17, 15) is 9.59 Å². The second-order valence-corrected chi connectivity index (χ2v) is 6.52. The molecule has 0 aliphatic carbocycles. The minimum Gasteiger partial charge on any atom is -0.497 e. The highest BCUT2D eigenvalue weighted by atomic mass is 16.5. The summed E-state index contributed by atoms with van der Waals surface area (Å²) >= 11 is 0. The summed E-state index contributed by atoms with van der Waals surface area (Å²) in [5, 5.41) is 3.71. The van der Waals surface area contributed by atoms with Crippen LogP contribution in [0.15, 0.2) is 59.0 Å². The van der Waals surface area contributed by atoms with Crippen molar-refractivity contribution in [3.63, 3.8) is 0 Å². The first-order chi connectivity index (χ1) is 14.5. The topological polar surface area (TPSA) is 87.0 Å². The number of furan rings is 1. The van der Waals surface area contributed by atoms with Crippen LogP contribution >= 0.6 is 0 Å². The largest absolute Gasteiger partial charge is 0.497 e. The van der Waals surface area contributed by atoms with Gasteiger partial charge < -0.3 is 23.9 Å². The van der Waals surface area contributed by atoms with Crippen molar-refractivity contribution in [1.29, 1.82) is 0 Å². The van der Waals surface area contributed by atoms with Crippen molar-refractivity contribution in [3.05, 3.63) is 65.9 Å². The smallest absolute Gasteiger partial charge is 0.331 e. The molecule has 2 aromatic carbocycles. The maximum atomic E-state index is 12.1. The molecule has 7 nitrogen and oxygen atoms in total. The lowest BCUT2D eigenvalue weighted by molar-refractivity contribution is -0.144. The van der Waals surface area contributed by atoms with Crippen LogP contribution in [0.1, 0.15) is 24.3 Å². The lowest BCUT2D eigenvalue weighted by atomic mass is 10.2. The second kappa shape index (κ2) is 9.65. The molecular formula is C23H23NO6. The molecule has 1 atom stereocenters. The van der Waals surface area contributed by atoms with E-state index in [0.29, 0.717) is 22.8 Å². The summed E-state index contributed by atoms with van der Waals surface area (Å²) in [6.45, 7) is 1.40. The predicted molar refractivity (Wildman–Crippen MR) is 112 cm³/mol. The number of methoxy groups -OCH3 is 2. The number of rotatable bonds is 8. The Labute approximate surface area is 174 Å². The standard InChI is InChI=1S/C23H23NO6/c1-15(20-12-17-6-4-5-7-19(17)30-20)24-22(25)14-29-23(26)11-9-16-8-10-18(27-2)13-21(16)28-3/h4-13,15H,14H2,1-3H3,(H,24,25)/b11-9+/t15-/m1/s1. The van der Waals surface area contributed by atoms with Gasteiger partial charge in [-0.05, 0) is 37.3 Å². The molecule has 0 bridgehead atoms. The maximum Gasteiger partial charge on any atom is 0.331 e. The van der Waals surface area contributed by atoms with Crippen molar-refractivity contribution in [1.82, 2.24) is 5.32 Å². The fraction of sp³-hybridized carbons (Fsp3) is 0.217. The Morgan fingerprint density at radius 1 is 1.10 bits per heavy atom.